The molecule has 0 aliphatic carbocycles. The van der Waals surface area contributed by atoms with E-state index in [0.717, 1.165) is 19.5 Å². The summed E-state index contributed by atoms with van der Waals surface area (Å²) in [5.74, 6) is 0.533. The maximum atomic E-state index is 6.01. The van der Waals surface area contributed by atoms with Gasteiger partial charge in [-0.1, -0.05) is 18.2 Å². The summed E-state index contributed by atoms with van der Waals surface area (Å²) in [6, 6.07) is 8.89. The quantitative estimate of drug-likeness (QED) is 0.676. The molecule has 1 aliphatic rings. The normalized spacial score (nSPS) is 26.1. The minimum Gasteiger partial charge on any atom is -0.361 e. The molecule has 0 amide bonds. The molecule has 0 radical (unpaired) electrons. The SMILES string of the molecule is NC1CNCC(c2cccc3cc[nH]c23)C1. The third kappa shape index (κ3) is 1.62. The molecule has 0 spiro atoms. The highest BCUT2D eigenvalue weighted by molar-refractivity contribution is 5.83. The first-order valence-electron chi connectivity index (χ1n) is 5.87. The Morgan fingerprint density at radius 1 is 1.19 bits per heavy atom. The Bertz CT molecular complexity index is 489. The van der Waals surface area contributed by atoms with Gasteiger partial charge in [-0.15, -0.1) is 0 Å². The molecule has 4 N–H and O–H groups in total. The zero-order chi connectivity index (χ0) is 11.0. The summed E-state index contributed by atoms with van der Waals surface area (Å²) in [7, 11) is 0. The van der Waals surface area contributed by atoms with Crippen molar-refractivity contribution in [1.82, 2.24) is 10.3 Å². The molecule has 84 valence electrons. The third-order valence-electron chi connectivity index (χ3n) is 3.44. The number of hydrogen-bond donors (Lipinski definition) is 3. The molecule has 2 heterocycles. The number of nitrogens with one attached hydrogen (secondary N) is 2. The number of fused-ring (bicyclic) bond motifs is 1. The van der Waals surface area contributed by atoms with Crippen molar-refractivity contribution in [2.45, 2.75) is 18.4 Å². The van der Waals surface area contributed by atoms with Crippen LogP contribution in [0.4, 0.5) is 0 Å². The molecule has 0 bridgehead atoms. The molecule has 1 aromatic carbocycles. The molecule has 1 aliphatic heterocycles. The topological polar surface area (TPSA) is 53.8 Å². The lowest BCUT2D eigenvalue weighted by molar-refractivity contribution is 0.413. The first-order valence-corrected chi connectivity index (χ1v) is 5.87. The van der Waals surface area contributed by atoms with Crippen LogP contribution in [0, 0.1) is 0 Å². The fraction of sp³-hybridized carbons (Fsp3) is 0.385. The van der Waals surface area contributed by atoms with E-state index in [9.17, 15) is 0 Å². The van der Waals surface area contributed by atoms with Gasteiger partial charge in [-0.25, -0.2) is 0 Å². The van der Waals surface area contributed by atoms with Gasteiger partial charge in [0.05, 0.1) is 0 Å². The van der Waals surface area contributed by atoms with E-state index in [1.807, 2.05) is 6.20 Å². The molecule has 3 nitrogen and oxygen atoms in total. The summed E-state index contributed by atoms with van der Waals surface area (Å²) in [6.07, 6.45) is 3.08. The van der Waals surface area contributed by atoms with Crippen LogP contribution in [-0.2, 0) is 0 Å². The predicted octanol–water partition coefficient (Wildman–Crippen LogP) is 1.57. The number of H-pyrrole nitrogens is 1. The standard InChI is InChI=1S/C13H17N3/c14-11-6-10(7-15-8-11)12-3-1-2-9-4-5-16-13(9)12/h1-5,10-11,15-16H,6-8,14H2. The number of piperidine rings is 1. The van der Waals surface area contributed by atoms with Gasteiger partial charge in [0.15, 0.2) is 0 Å². The van der Waals surface area contributed by atoms with E-state index in [4.69, 9.17) is 5.73 Å². The van der Waals surface area contributed by atoms with E-state index in [1.54, 1.807) is 0 Å². The van der Waals surface area contributed by atoms with Gasteiger partial charge >= 0.3 is 0 Å². The second-order valence-electron chi connectivity index (χ2n) is 4.64. The van der Waals surface area contributed by atoms with E-state index in [-0.39, 0.29) is 6.04 Å². The number of benzene rings is 1. The summed E-state index contributed by atoms with van der Waals surface area (Å²) >= 11 is 0. The molecule has 3 heteroatoms. The molecule has 2 atom stereocenters. The van der Waals surface area contributed by atoms with Crippen LogP contribution in [0.2, 0.25) is 0 Å². The van der Waals surface area contributed by atoms with E-state index in [1.165, 1.54) is 16.5 Å². The second-order valence-corrected chi connectivity index (χ2v) is 4.64. The van der Waals surface area contributed by atoms with Crippen molar-refractivity contribution in [2.24, 2.45) is 5.73 Å². The largest absolute Gasteiger partial charge is 0.361 e. The number of rotatable bonds is 1. The van der Waals surface area contributed by atoms with Gasteiger partial charge in [-0.05, 0) is 29.4 Å². The molecule has 2 unspecified atom stereocenters. The minimum absolute atomic E-state index is 0.281. The van der Waals surface area contributed by atoms with E-state index in [0.29, 0.717) is 5.92 Å². The molecule has 2 aromatic rings. The molecule has 16 heavy (non-hydrogen) atoms. The highest BCUT2D eigenvalue weighted by Crippen LogP contribution is 2.28. The van der Waals surface area contributed by atoms with Crippen molar-refractivity contribution in [3.05, 3.63) is 36.0 Å². The summed E-state index contributed by atoms with van der Waals surface area (Å²) in [4.78, 5) is 3.33. The lowest BCUT2D eigenvalue weighted by Crippen LogP contribution is -2.43. The van der Waals surface area contributed by atoms with Gasteiger partial charge < -0.3 is 16.0 Å². The highest BCUT2D eigenvalue weighted by atomic mass is 14.9. The maximum Gasteiger partial charge on any atom is 0.0489 e. The van der Waals surface area contributed by atoms with Gasteiger partial charge in [0.2, 0.25) is 0 Å². The molecule has 0 saturated carbocycles. The van der Waals surface area contributed by atoms with Crippen molar-refractivity contribution in [2.75, 3.05) is 13.1 Å². The second kappa shape index (κ2) is 3.92. The molecule has 3 rings (SSSR count). The monoisotopic (exact) mass is 215 g/mol. The van der Waals surface area contributed by atoms with Crippen molar-refractivity contribution in [3.63, 3.8) is 0 Å². The number of hydrogen-bond acceptors (Lipinski definition) is 2. The van der Waals surface area contributed by atoms with Crippen LogP contribution in [0.1, 0.15) is 17.9 Å². The third-order valence-corrected chi connectivity index (χ3v) is 3.44. The predicted molar refractivity (Wildman–Crippen MR) is 66.5 cm³/mol. The van der Waals surface area contributed by atoms with Gasteiger partial charge in [0.1, 0.15) is 0 Å². The summed E-state index contributed by atoms with van der Waals surface area (Å²) in [6.45, 7) is 1.98. The van der Waals surface area contributed by atoms with Crippen LogP contribution in [0.3, 0.4) is 0 Å². The Labute approximate surface area is 95.0 Å². The van der Waals surface area contributed by atoms with Crippen molar-refractivity contribution < 1.29 is 0 Å². The molecule has 1 aromatic heterocycles. The van der Waals surface area contributed by atoms with Crippen molar-refractivity contribution in [3.8, 4) is 0 Å². The van der Waals surface area contributed by atoms with Crippen molar-refractivity contribution in [1.29, 1.82) is 0 Å². The molecule has 1 fully saturated rings. The van der Waals surface area contributed by atoms with Crippen LogP contribution in [0.25, 0.3) is 10.9 Å². The first kappa shape index (κ1) is 9.87. The number of aromatic amines is 1. The fourth-order valence-corrected chi connectivity index (χ4v) is 2.66. The first-order chi connectivity index (χ1) is 7.84. The van der Waals surface area contributed by atoms with Gasteiger partial charge in [0, 0.05) is 30.8 Å². The van der Waals surface area contributed by atoms with Gasteiger partial charge in [-0.3, -0.25) is 0 Å². The van der Waals surface area contributed by atoms with Gasteiger partial charge in [0.25, 0.3) is 0 Å². The Morgan fingerprint density at radius 3 is 3.00 bits per heavy atom. The zero-order valence-corrected chi connectivity index (χ0v) is 9.24. The van der Waals surface area contributed by atoms with E-state index < -0.39 is 0 Å². The highest BCUT2D eigenvalue weighted by Gasteiger charge is 2.21. The van der Waals surface area contributed by atoms with Crippen LogP contribution in [0.15, 0.2) is 30.5 Å². The van der Waals surface area contributed by atoms with Crippen LogP contribution >= 0.6 is 0 Å². The summed E-state index contributed by atoms with van der Waals surface area (Å²) in [5, 5.41) is 4.69. The van der Waals surface area contributed by atoms with E-state index in [2.05, 4.69) is 34.6 Å². The summed E-state index contributed by atoms with van der Waals surface area (Å²) in [5.41, 5.74) is 8.67. The average molecular weight is 215 g/mol. The molecular weight excluding hydrogens is 198 g/mol. The average Bonchev–Trinajstić information content (AvgIpc) is 2.76. The molecular formula is C13H17N3. The lowest BCUT2D eigenvalue weighted by Gasteiger charge is -2.28. The van der Waals surface area contributed by atoms with Crippen molar-refractivity contribution >= 4 is 10.9 Å². The Kier molecular flexibility index (Phi) is 2.42. The Balaban J connectivity index is 2.01. The number of aromatic nitrogens is 1. The summed E-state index contributed by atoms with van der Waals surface area (Å²) < 4.78 is 0. The van der Waals surface area contributed by atoms with Crippen LogP contribution < -0.4 is 11.1 Å². The molecule has 1 saturated heterocycles. The lowest BCUT2D eigenvalue weighted by atomic mass is 9.88. The number of para-hydroxylation sites is 1. The fourth-order valence-electron chi connectivity index (χ4n) is 2.66. The van der Waals surface area contributed by atoms with E-state index >= 15 is 0 Å². The Hall–Kier alpha value is -1.32. The van der Waals surface area contributed by atoms with Crippen LogP contribution in [-0.4, -0.2) is 24.1 Å². The van der Waals surface area contributed by atoms with Gasteiger partial charge in [-0.2, -0.15) is 0 Å². The maximum absolute atomic E-state index is 6.01. The number of nitrogens with two attached hydrogens (primary N) is 1. The minimum atomic E-state index is 0.281. The zero-order valence-electron chi connectivity index (χ0n) is 9.24. The smallest absolute Gasteiger partial charge is 0.0489 e. The Morgan fingerprint density at radius 2 is 2.12 bits per heavy atom. The van der Waals surface area contributed by atoms with Crippen LogP contribution in [0.5, 0.6) is 0 Å².